The van der Waals surface area contributed by atoms with E-state index in [0.717, 1.165) is 31.2 Å². The highest BCUT2D eigenvalue weighted by Gasteiger charge is 2.43. The fourth-order valence-electron chi connectivity index (χ4n) is 3.55. The highest BCUT2D eigenvalue weighted by molar-refractivity contribution is 6.09. The third-order valence-corrected chi connectivity index (χ3v) is 5.07. The molecule has 0 fully saturated rings. The predicted octanol–water partition coefficient (Wildman–Crippen LogP) is 5.85. The van der Waals surface area contributed by atoms with E-state index in [9.17, 15) is 40.3 Å². The van der Waals surface area contributed by atoms with Crippen LogP contribution in [0.3, 0.4) is 0 Å². The van der Waals surface area contributed by atoms with Crippen LogP contribution in [0.2, 0.25) is 0 Å². The Kier molecular flexibility index (Phi) is 7.04. The fraction of sp³-hybridized carbons (Fsp3) is 0.304. The van der Waals surface area contributed by atoms with Gasteiger partial charge in [-0.25, -0.2) is 17.6 Å². The summed E-state index contributed by atoms with van der Waals surface area (Å²) in [4.78, 5) is 24.8. The number of halogens is 7. The Morgan fingerprint density at radius 3 is 2.53 bits per heavy atom. The highest BCUT2D eigenvalue weighted by atomic mass is 19.4. The first-order chi connectivity index (χ1) is 15.8. The van der Waals surface area contributed by atoms with Crippen LogP contribution in [0.5, 0.6) is 5.75 Å². The van der Waals surface area contributed by atoms with Crippen molar-refractivity contribution in [3.05, 3.63) is 65.0 Å². The fourth-order valence-corrected chi connectivity index (χ4v) is 3.55. The van der Waals surface area contributed by atoms with E-state index in [-0.39, 0.29) is 17.7 Å². The lowest BCUT2D eigenvalue weighted by molar-refractivity contribution is -0.138. The molecule has 1 atom stereocenters. The van der Waals surface area contributed by atoms with Gasteiger partial charge in [0.05, 0.1) is 16.8 Å². The molecule has 0 unspecified atom stereocenters. The zero-order valence-corrected chi connectivity index (χ0v) is 17.6. The number of carbonyl (C=O) groups is 2. The summed E-state index contributed by atoms with van der Waals surface area (Å²) in [6, 6.07) is 4.88. The van der Waals surface area contributed by atoms with Crippen LogP contribution < -0.4 is 9.64 Å². The molecule has 1 amide bonds. The molecule has 0 aliphatic carbocycles. The van der Waals surface area contributed by atoms with Gasteiger partial charge in [0.15, 0.2) is 0 Å². The van der Waals surface area contributed by atoms with Gasteiger partial charge in [-0.2, -0.15) is 13.2 Å². The SMILES string of the molecule is C[C@@H](F)COc1ccc(C(=O)N2CCC(F)(F)/C(=C\C=O)c3cc(F)ccc32)c(C(F)(F)F)c1. The second-order valence-corrected chi connectivity index (χ2v) is 7.59. The molecule has 2 aromatic carbocycles. The van der Waals surface area contributed by atoms with E-state index in [4.69, 9.17) is 4.74 Å². The number of rotatable bonds is 5. The zero-order chi connectivity index (χ0) is 25.3. The average molecular weight is 489 g/mol. The molecule has 3 rings (SSSR count). The first kappa shape index (κ1) is 25.3. The largest absolute Gasteiger partial charge is 0.491 e. The molecule has 0 bridgehead atoms. The van der Waals surface area contributed by atoms with Crippen LogP contribution in [-0.2, 0) is 11.0 Å². The van der Waals surface area contributed by atoms with Gasteiger partial charge in [0.25, 0.3) is 11.8 Å². The summed E-state index contributed by atoms with van der Waals surface area (Å²) < 4.78 is 103. The number of hydrogen-bond acceptors (Lipinski definition) is 3. The summed E-state index contributed by atoms with van der Waals surface area (Å²) in [5.74, 6) is -6.21. The number of ether oxygens (including phenoxy) is 1. The van der Waals surface area contributed by atoms with Crippen molar-refractivity contribution in [1.29, 1.82) is 0 Å². The summed E-state index contributed by atoms with van der Waals surface area (Å²) in [6.45, 7) is -0.0859. The minimum atomic E-state index is -5.03. The topological polar surface area (TPSA) is 46.6 Å². The molecule has 0 radical (unpaired) electrons. The van der Waals surface area contributed by atoms with Crippen LogP contribution in [0.15, 0.2) is 42.5 Å². The van der Waals surface area contributed by atoms with Gasteiger partial charge in [-0.3, -0.25) is 9.59 Å². The number of hydrogen-bond donors (Lipinski definition) is 0. The number of carbonyl (C=O) groups excluding carboxylic acids is 2. The third kappa shape index (κ3) is 5.23. The maximum atomic E-state index is 14.7. The quantitative estimate of drug-likeness (QED) is 0.301. The van der Waals surface area contributed by atoms with Gasteiger partial charge < -0.3 is 9.64 Å². The van der Waals surface area contributed by atoms with Crippen LogP contribution in [0, 0.1) is 5.82 Å². The van der Waals surface area contributed by atoms with Gasteiger partial charge in [-0.05, 0) is 49.4 Å². The first-order valence-corrected chi connectivity index (χ1v) is 9.99. The lowest BCUT2D eigenvalue weighted by atomic mass is 9.97. The van der Waals surface area contributed by atoms with Crippen LogP contribution >= 0.6 is 0 Å². The smallest absolute Gasteiger partial charge is 0.417 e. The number of alkyl halides is 6. The molecule has 2 aromatic rings. The van der Waals surface area contributed by atoms with Gasteiger partial charge >= 0.3 is 6.18 Å². The van der Waals surface area contributed by atoms with Crippen molar-refractivity contribution in [2.24, 2.45) is 0 Å². The second kappa shape index (κ2) is 9.47. The van der Waals surface area contributed by atoms with Crippen molar-refractivity contribution < 1.29 is 45.1 Å². The minimum Gasteiger partial charge on any atom is -0.491 e. The minimum absolute atomic E-state index is 0.0776. The standard InChI is InChI=1S/C23H18F7NO3/c1-13(24)12-34-15-3-4-16(19(11-15)23(28,29)30)21(33)31-8-7-22(26,27)18(6-9-32)17-10-14(25)2-5-20(17)31/h2-6,9-11,13H,7-8,12H2,1H3/b18-6-/t13-/m1/s1. The highest BCUT2D eigenvalue weighted by Crippen LogP contribution is 2.44. The first-order valence-electron chi connectivity index (χ1n) is 9.99. The number of anilines is 1. The van der Waals surface area contributed by atoms with Gasteiger partial charge in [-0.15, -0.1) is 0 Å². The molecular weight excluding hydrogens is 471 g/mol. The van der Waals surface area contributed by atoms with E-state index in [2.05, 4.69) is 0 Å². The Labute approximate surface area is 189 Å². The van der Waals surface area contributed by atoms with E-state index in [0.29, 0.717) is 23.1 Å². The maximum Gasteiger partial charge on any atom is 0.417 e. The molecule has 1 heterocycles. The van der Waals surface area contributed by atoms with E-state index in [1.54, 1.807) is 0 Å². The predicted molar refractivity (Wildman–Crippen MR) is 109 cm³/mol. The molecule has 0 N–H and O–H groups in total. The Bertz CT molecular complexity index is 1130. The Morgan fingerprint density at radius 1 is 1.21 bits per heavy atom. The van der Waals surface area contributed by atoms with E-state index < -0.39 is 71.8 Å². The summed E-state index contributed by atoms with van der Waals surface area (Å²) in [5, 5.41) is 0. The number of benzene rings is 2. The maximum absolute atomic E-state index is 14.7. The number of allylic oxidation sites excluding steroid dienone is 2. The van der Waals surface area contributed by atoms with E-state index in [1.807, 2.05) is 0 Å². The molecule has 182 valence electrons. The number of nitrogens with zero attached hydrogens (tertiary/aromatic N) is 1. The third-order valence-electron chi connectivity index (χ3n) is 5.07. The van der Waals surface area contributed by atoms with Gasteiger partial charge in [0.1, 0.15) is 30.6 Å². The van der Waals surface area contributed by atoms with Crippen molar-refractivity contribution in [1.82, 2.24) is 0 Å². The molecule has 11 heteroatoms. The van der Waals surface area contributed by atoms with Gasteiger partial charge in [-0.1, -0.05) is 0 Å². The van der Waals surface area contributed by atoms with E-state index >= 15 is 0 Å². The van der Waals surface area contributed by atoms with Crippen molar-refractivity contribution in [2.45, 2.75) is 31.6 Å². The second-order valence-electron chi connectivity index (χ2n) is 7.59. The summed E-state index contributed by atoms with van der Waals surface area (Å²) >= 11 is 0. The summed E-state index contributed by atoms with van der Waals surface area (Å²) in [6.07, 6.45) is -6.90. The van der Waals surface area contributed by atoms with Crippen molar-refractivity contribution in [3.63, 3.8) is 0 Å². The Hall–Kier alpha value is -3.37. The van der Waals surface area contributed by atoms with Crippen LogP contribution in [0.1, 0.15) is 34.8 Å². The molecular formula is C23H18F7NO3. The molecule has 0 saturated carbocycles. The monoisotopic (exact) mass is 489 g/mol. The van der Waals surface area contributed by atoms with Gasteiger partial charge in [0, 0.05) is 24.1 Å². The Balaban J connectivity index is 2.13. The van der Waals surface area contributed by atoms with E-state index in [1.165, 1.54) is 0 Å². The Morgan fingerprint density at radius 2 is 1.91 bits per heavy atom. The molecule has 0 aromatic heterocycles. The van der Waals surface area contributed by atoms with Crippen molar-refractivity contribution >= 4 is 23.5 Å². The molecule has 0 saturated heterocycles. The van der Waals surface area contributed by atoms with Crippen molar-refractivity contribution in [3.8, 4) is 5.75 Å². The van der Waals surface area contributed by atoms with Crippen molar-refractivity contribution in [2.75, 3.05) is 18.1 Å². The number of aldehydes is 1. The number of fused-ring (bicyclic) bond motifs is 1. The molecule has 0 spiro atoms. The average Bonchev–Trinajstić information content (AvgIpc) is 2.85. The van der Waals surface area contributed by atoms with Crippen LogP contribution in [-0.4, -0.2) is 37.4 Å². The molecule has 34 heavy (non-hydrogen) atoms. The lowest BCUT2D eigenvalue weighted by Gasteiger charge is -2.24. The normalized spacial score (nSPS) is 17.6. The number of amides is 1. The lowest BCUT2D eigenvalue weighted by Crippen LogP contribution is -2.34. The summed E-state index contributed by atoms with van der Waals surface area (Å²) in [5.41, 5.74) is -3.91. The molecule has 1 aliphatic rings. The zero-order valence-electron chi connectivity index (χ0n) is 17.6. The molecule has 4 nitrogen and oxygen atoms in total. The van der Waals surface area contributed by atoms with Gasteiger partial charge in [0.2, 0.25) is 0 Å². The molecule has 1 aliphatic heterocycles. The van der Waals surface area contributed by atoms with Crippen LogP contribution in [0.4, 0.5) is 36.4 Å². The van der Waals surface area contributed by atoms with Crippen LogP contribution in [0.25, 0.3) is 5.57 Å². The summed E-state index contributed by atoms with van der Waals surface area (Å²) in [7, 11) is 0.